The van der Waals surface area contributed by atoms with Crippen LogP contribution < -0.4 is 0 Å². The molecule has 4 aromatic heterocycles. The molecule has 354 valence electrons. The van der Waals surface area contributed by atoms with Gasteiger partial charge in [0.25, 0.3) is 0 Å². The number of hydrogen-bond donors (Lipinski definition) is 0. The molecule has 0 aliphatic carbocycles. The van der Waals surface area contributed by atoms with Gasteiger partial charge in [0.1, 0.15) is 0 Å². The maximum Gasteiger partial charge on any atom is 0.161 e. The zero-order valence-electron chi connectivity index (χ0n) is 41.1. The van der Waals surface area contributed by atoms with Gasteiger partial charge in [0, 0.05) is 56.9 Å². The standard InChI is InChI=1S/C70H44N6/c1-3-15-55-53(13-1)41-61(59-19-7-5-17-57(55)59)69-73-65(43-67(75-69)51-35-31-47(32-36-51)63-21-9-11-39-71-63)49-27-23-45(24-28-49)46-25-29-50(30-26-46)66-44-68(52-37-33-48(34-38-52)64-22-10-12-40-72-64)76-70(74-66)62-42-54-14-2-4-16-56(54)58-18-6-8-20-60(58)62/h1-44H. The summed E-state index contributed by atoms with van der Waals surface area (Å²) in [7, 11) is 0. The summed E-state index contributed by atoms with van der Waals surface area (Å²) < 4.78 is 0. The van der Waals surface area contributed by atoms with Crippen LogP contribution in [-0.2, 0) is 0 Å². The highest BCUT2D eigenvalue weighted by Crippen LogP contribution is 2.39. The average molecular weight is 969 g/mol. The van der Waals surface area contributed by atoms with Crippen molar-refractivity contribution in [3.63, 3.8) is 0 Å². The Kier molecular flexibility index (Phi) is 11.1. The number of fused-ring (bicyclic) bond motifs is 6. The number of aromatic nitrogens is 6. The molecule has 0 bridgehead atoms. The van der Waals surface area contributed by atoms with E-state index in [9.17, 15) is 0 Å². The average Bonchev–Trinajstić information content (AvgIpc) is 3.55. The van der Waals surface area contributed by atoms with Gasteiger partial charge < -0.3 is 0 Å². The Morgan fingerprint density at radius 2 is 0.474 bits per heavy atom. The van der Waals surface area contributed by atoms with Gasteiger partial charge in [-0.25, -0.2) is 19.9 Å². The van der Waals surface area contributed by atoms with E-state index in [1.165, 1.54) is 21.5 Å². The van der Waals surface area contributed by atoms with Crippen molar-refractivity contribution in [2.75, 3.05) is 0 Å². The summed E-state index contributed by atoms with van der Waals surface area (Å²) in [4.78, 5) is 30.5. The van der Waals surface area contributed by atoms with Crippen molar-refractivity contribution in [3.8, 4) is 101 Å². The first-order chi connectivity index (χ1) is 37.6. The Morgan fingerprint density at radius 1 is 0.197 bits per heavy atom. The first-order valence-electron chi connectivity index (χ1n) is 25.5. The zero-order valence-corrected chi connectivity index (χ0v) is 41.1. The fraction of sp³-hybridized carbons (Fsp3) is 0. The van der Waals surface area contributed by atoms with E-state index in [4.69, 9.17) is 19.9 Å². The molecule has 0 saturated carbocycles. The third-order valence-electron chi connectivity index (χ3n) is 14.4. The van der Waals surface area contributed by atoms with Gasteiger partial charge in [-0.2, -0.15) is 0 Å². The summed E-state index contributed by atoms with van der Waals surface area (Å²) in [5, 5.41) is 9.27. The predicted octanol–water partition coefficient (Wildman–Crippen LogP) is 17.7. The molecule has 10 aromatic carbocycles. The molecule has 0 spiro atoms. The molecule has 76 heavy (non-hydrogen) atoms. The molecule has 0 unspecified atom stereocenters. The fourth-order valence-corrected chi connectivity index (χ4v) is 10.6. The highest BCUT2D eigenvalue weighted by molar-refractivity contribution is 6.14. The van der Waals surface area contributed by atoms with Crippen molar-refractivity contribution in [2.45, 2.75) is 0 Å². The minimum Gasteiger partial charge on any atom is -0.256 e. The predicted molar refractivity (Wildman–Crippen MR) is 312 cm³/mol. The molecule has 0 aliphatic rings. The van der Waals surface area contributed by atoms with Crippen LogP contribution in [0.2, 0.25) is 0 Å². The molecule has 14 rings (SSSR count). The van der Waals surface area contributed by atoms with Crippen LogP contribution in [0.15, 0.2) is 267 Å². The molecule has 0 saturated heterocycles. The molecule has 4 heterocycles. The Labute approximate surface area is 439 Å². The van der Waals surface area contributed by atoms with Crippen LogP contribution in [0.25, 0.3) is 145 Å². The molecule has 14 aromatic rings. The monoisotopic (exact) mass is 968 g/mol. The van der Waals surface area contributed by atoms with E-state index in [0.717, 1.165) is 111 Å². The van der Waals surface area contributed by atoms with Gasteiger partial charge in [-0.05, 0) is 103 Å². The summed E-state index contributed by atoms with van der Waals surface area (Å²) in [5.41, 5.74) is 15.5. The normalized spacial score (nSPS) is 11.4. The van der Waals surface area contributed by atoms with E-state index in [-0.39, 0.29) is 0 Å². The lowest BCUT2D eigenvalue weighted by atomic mass is 9.96. The van der Waals surface area contributed by atoms with Crippen molar-refractivity contribution in [3.05, 3.63) is 267 Å². The number of pyridine rings is 2. The summed E-state index contributed by atoms with van der Waals surface area (Å²) in [6.07, 6.45) is 3.65. The van der Waals surface area contributed by atoms with Crippen LogP contribution in [0.4, 0.5) is 0 Å². The second-order valence-corrected chi connectivity index (χ2v) is 19.0. The lowest BCUT2D eigenvalue weighted by Gasteiger charge is -2.14. The minimum absolute atomic E-state index is 0.675. The van der Waals surface area contributed by atoms with Crippen LogP contribution in [0.3, 0.4) is 0 Å². The number of nitrogens with zero attached hydrogens (tertiary/aromatic N) is 6. The van der Waals surface area contributed by atoms with E-state index in [1.54, 1.807) is 0 Å². The lowest BCUT2D eigenvalue weighted by Crippen LogP contribution is -1.97. The van der Waals surface area contributed by atoms with E-state index < -0.39 is 0 Å². The van der Waals surface area contributed by atoms with Gasteiger partial charge in [-0.15, -0.1) is 0 Å². The first-order valence-corrected chi connectivity index (χ1v) is 25.5. The second-order valence-electron chi connectivity index (χ2n) is 19.0. The molecule has 0 aliphatic heterocycles. The van der Waals surface area contributed by atoms with Crippen molar-refractivity contribution < 1.29 is 0 Å². The molecule has 0 amide bonds. The van der Waals surface area contributed by atoms with Gasteiger partial charge in [0.15, 0.2) is 11.6 Å². The van der Waals surface area contributed by atoms with Gasteiger partial charge >= 0.3 is 0 Å². The van der Waals surface area contributed by atoms with Crippen LogP contribution in [-0.4, -0.2) is 29.9 Å². The summed E-state index contributed by atoms with van der Waals surface area (Å²) in [6, 6.07) is 89.1. The Balaban J connectivity index is 0.832. The Bertz CT molecular complexity index is 4170. The maximum absolute atomic E-state index is 5.34. The van der Waals surface area contributed by atoms with E-state index >= 15 is 0 Å². The summed E-state index contributed by atoms with van der Waals surface area (Å²) >= 11 is 0. The van der Waals surface area contributed by atoms with Crippen LogP contribution in [0.5, 0.6) is 0 Å². The van der Waals surface area contributed by atoms with Crippen LogP contribution in [0.1, 0.15) is 0 Å². The molecular weight excluding hydrogens is 925 g/mol. The zero-order chi connectivity index (χ0) is 50.4. The maximum atomic E-state index is 5.34. The van der Waals surface area contributed by atoms with Gasteiger partial charge in [0.2, 0.25) is 0 Å². The topological polar surface area (TPSA) is 77.3 Å². The number of hydrogen-bond acceptors (Lipinski definition) is 6. The minimum atomic E-state index is 0.675. The smallest absolute Gasteiger partial charge is 0.161 e. The van der Waals surface area contributed by atoms with Gasteiger partial charge in [0.05, 0.1) is 34.2 Å². The van der Waals surface area contributed by atoms with Crippen molar-refractivity contribution in [1.82, 2.24) is 29.9 Å². The van der Waals surface area contributed by atoms with Gasteiger partial charge in [-0.1, -0.05) is 206 Å². The van der Waals surface area contributed by atoms with Gasteiger partial charge in [-0.3, -0.25) is 9.97 Å². The SMILES string of the molecule is c1ccc(-c2ccc(-c3cc(-c4ccc(-c5ccc(-c6cc(-c7ccc(-c8ccccn8)cc7)nc(-c7cc8ccccc8c8ccccc78)n6)cc5)cc4)nc(-c4cc5ccccc5c5ccccc45)n3)cc2)nc1. The largest absolute Gasteiger partial charge is 0.256 e. The Hall–Kier alpha value is -10.3. The van der Waals surface area contributed by atoms with Crippen LogP contribution in [0, 0.1) is 0 Å². The molecule has 0 radical (unpaired) electrons. The highest BCUT2D eigenvalue weighted by atomic mass is 14.9. The van der Waals surface area contributed by atoms with E-state index in [1.807, 2.05) is 48.8 Å². The molecule has 6 heteroatoms. The third kappa shape index (κ3) is 8.30. The first kappa shape index (κ1) is 44.4. The molecule has 0 atom stereocenters. The molecule has 6 nitrogen and oxygen atoms in total. The second kappa shape index (κ2) is 19.0. The summed E-state index contributed by atoms with van der Waals surface area (Å²) in [5.74, 6) is 1.35. The van der Waals surface area contributed by atoms with Crippen molar-refractivity contribution in [2.24, 2.45) is 0 Å². The Morgan fingerprint density at radius 3 is 0.803 bits per heavy atom. The van der Waals surface area contributed by atoms with E-state index in [0.29, 0.717) is 11.6 Å². The fourth-order valence-electron chi connectivity index (χ4n) is 10.6. The number of benzene rings is 10. The molecule has 0 fully saturated rings. The summed E-state index contributed by atoms with van der Waals surface area (Å²) in [6.45, 7) is 0. The van der Waals surface area contributed by atoms with Crippen molar-refractivity contribution in [1.29, 1.82) is 0 Å². The van der Waals surface area contributed by atoms with Crippen molar-refractivity contribution >= 4 is 43.1 Å². The van der Waals surface area contributed by atoms with E-state index in [2.05, 4.69) is 228 Å². The molecular formula is C70H44N6. The third-order valence-corrected chi connectivity index (χ3v) is 14.4. The van der Waals surface area contributed by atoms with Crippen LogP contribution >= 0.6 is 0 Å². The molecule has 0 N–H and O–H groups in total. The lowest BCUT2D eigenvalue weighted by molar-refractivity contribution is 1.19. The number of rotatable bonds is 9. The quantitative estimate of drug-likeness (QED) is 0.134. The highest BCUT2D eigenvalue weighted by Gasteiger charge is 2.18.